The minimum absolute atomic E-state index is 0.281. The van der Waals surface area contributed by atoms with E-state index >= 15 is 0 Å². The molecule has 2 aliphatic heterocycles. The van der Waals surface area contributed by atoms with E-state index < -0.39 is 0 Å². The van der Waals surface area contributed by atoms with Crippen LogP contribution in [-0.2, 0) is 6.54 Å². The topological polar surface area (TPSA) is 15.3 Å². The van der Waals surface area contributed by atoms with E-state index in [0.717, 1.165) is 23.6 Å². The van der Waals surface area contributed by atoms with Crippen LogP contribution in [0.25, 0.3) is 59.8 Å². The molecule has 1 unspecified atom stereocenters. The molecule has 1 atom stereocenters. The second-order valence-electron chi connectivity index (χ2n) is 13.8. The summed E-state index contributed by atoms with van der Waals surface area (Å²) in [7, 11) is 0. The second kappa shape index (κ2) is 11.9. The Morgan fingerprint density at radius 2 is 1.40 bits per heavy atom. The number of rotatable bonds is 4. The Morgan fingerprint density at radius 1 is 0.596 bits per heavy atom. The van der Waals surface area contributed by atoms with Crippen molar-refractivity contribution in [1.82, 2.24) is 5.32 Å². The number of fused-ring (bicyclic) bond motifs is 11. The zero-order valence-electron chi connectivity index (χ0n) is 28.2. The van der Waals surface area contributed by atoms with Crippen LogP contribution in [0.15, 0.2) is 163 Å². The first-order valence-electron chi connectivity index (χ1n) is 17.8. The molecule has 11 rings (SSSR count). The SMILES string of the molecule is C1=Cc2cc(-c3ccc(N(c4ccc5c(c4)C=CC4=CC5Sc5ccccc54)c4ccc5c(ccc6c7ccccc7sc56)c4)cc3)ccc2CN1. The van der Waals surface area contributed by atoms with Crippen LogP contribution in [0.5, 0.6) is 0 Å². The van der Waals surface area contributed by atoms with Gasteiger partial charge in [0.25, 0.3) is 0 Å². The van der Waals surface area contributed by atoms with E-state index in [1.807, 2.05) is 29.3 Å². The highest BCUT2D eigenvalue weighted by molar-refractivity contribution is 7.99. The van der Waals surface area contributed by atoms with Gasteiger partial charge in [0.05, 0.1) is 5.25 Å². The van der Waals surface area contributed by atoms with E-state index in [1.165, 1.54) is 80.4 Å². The molecule has 1 aliphatic carbocycles. The highest BCUT2D eigenvalue weighted by atomic mass is 32.2. The minimum atomic E-state index is 0.281. The summed E-state index contributed by atoms with van der Waals surface area (Å²) >= 11 is 3.84. The van der Waals surface area contributed by atoms with Gasteiger partial charge < -0.3 is 10.2 Å². The Balaban J connectivity index is 1.04. The summed E-state index contributed by atoms with van der Waals surface area (Å²) in [4.78, 5) is 3.77. The first-order chi connectivity index (χ1) is 25.7. The largest absolute Gasteiger partial charge is 0.387 e. The Hall–Kier alpha value is -5.81. The number of nitrogens with zero attached hydrogens (tertiary/aromatic N) is 1. The van der Waals surface area contributed by atoms with Crippen LogP contribution in [0.1, 0.15) is 33.1 Å². The van der Waals surface area contributed by atoms with Gasteiger partial charge in [-0.3, -0.25) is 0 Å². The molecular formula is C48H32N2S2. The summed E-state index contributed by atoms with van der Waals surface area (Å²) in [6.45, 7) is 0.875. The number of hydrogen-bond donors (Lipinski definition) is 1. The molecule has 8 aromatic rings. The van der Waals surface area contributed by atoms with Crippen molar-refractivity contribution in [1.29, 1.82) is 0 Å². The highest BCUT2D eigenvalue weighted by Crippen LogP contribution is 2.50. The second-order valence-corrected chi connectivity index (χ2v) is 16.0. The first-order valence-corrected chi connectivity index (χ1v) is 19.5. The highest BCUT2D eigenvalue weighted by Gasteiger charge is 2.25. The summed E-state index contributed by atoms with van der Waals surface area (Å²) in [5, 5.41) is 8.82. The van der Waals surface area contributed by atoms with Gasteiger partial charge in [-0.25, -0.2) is 0 Å². The average molecular weight is 701 g/mol. The van der Waals surface area contributed by atoms with Crippen LogP contribution >= 0.6 is 23.1 Å². The van der Waals surface area contributed by atoms with Crippen molar-refractivity contribution in [3.8, 4) is 11.1 Å². The van der Waals surface area contributed by atoms with Crippen molar-refractivity contribution < 1.29 is 0 Å². The number of anilines is 3. The molecule has 246 valence electrons. The quantitative estimate of drug-likeness (QED) is 0.197. The fourth-order valence-corrected chi connectivity index (χ4v) is 10.6. The third-order valence-electron chi connectivity index (χ3n) is 10.7. The van der Waals surface area contributed by atoms with Gasteiger partial charge in [-0.05, 0) is 122 Å². The Labute approximate surface area is 311 Å². The Bertz CT molecular complexity index is 2840. The summed E-state index contributed by atoms with van der Waals surface area (Å²) in [5.74, 6) is 0. The fourth-order valence-electron chi connectivity index (χ4n) is 8.11. The smallest absolute Gasteiger partial charge is 0.0539 e. The van der Waals surface area contributed by atoms with Gasteiger partial charge in [0.15, 0.2) is 0 Å². The molecule has 3 heterocycles. The molecule has 0 radical (unpaired) electrons. The summed E-state index contributed by atoms with van der Waals surface area (Å²) in [6, 6.07) is 52.0. The van der Waals surface area contributed by atoms with Gasteiger partial charge >= 0.3 is 0 Å². The third kappa shape index (κ3) is 4.86. The Morgan fingerprint density at radius 3 is 2.37 bits per heavy atom. The molecule has 2 bridgehead atoms. The lowest BCUT2D eigenvalue weighted by atomic mass is 9.97. The van der Waals surface area contributed by atoms with E-state index in [0.29, 0.717) is 0 Å². The van der Waals surface area contributed by atoms with E-state index in [9.17, 15) is 0 Å². The molecule has 0 saturated heterocycles. The van der Waals surface area contributed by atoms with E-state index in [4.69, 9.17) is 0 Å². The number of benzene rings is 7. The van der Waals surface area contributed by atoms with E-state index in [-0.39, 0.29) is 5.25 Å². The third-order valence-corrected chi connectivity index (χ3v) is 13.2. The van der Waals surface area contributed by atoms with Crippen LogP contribution in [0, 0.1) is 0 Å². The van der Waals surface area contributed by atoms with Gasteiger partial charge in [0.1, 0.15) is 0 Å². The van der Waals surface area contributed by atoms with Gasteiger partial charge in [-0.1, -0.05) is 103 Å². The maximum Gasteiger partial charge on any atom is 0.0539 e. The predicted molar refractivity (Wildman–Crippen MR) is 225 cm³/mol. The molecule has 3 aliphatic rings. The molecule has 0 spiro atoms. The van der Waals surface area contributed by atoms with E-state index in [1.54, 1.807) is 0 Å². The lowest BCUT2D eigenvalue weighted by Crippen LogP contribution is -2.11. The molecule has 7 aromatic carbocycles. The van der Waals surface area contributed by atoms with Gasteiger partial charge in [-0.2, -0.15) is 0 Å². The van der Waals surface area contributed by atoms with Crippen molar-refractivity contribution in [3.05, 3.63) is 186 Å². The molecule has 4 heteroatoms. The minimum Gasteiger partial charge on any atom is -0.387 e. The van der Waals surface area contributed by atoms with Gasteiger partial charge in [0.2, 0.25) is 0 Å². The molecule has 0 fully saturated rings. The summed E-state index contributed by atoms with van der Waals surface area (Å²) < 4.78 is 2.69. The maximum absolute atomic E-state index is 3.32. The van der Waals surface area contributed by atoms with Crippen LogP contribution < -0.4 is 10.2 Å². The standard InChI is InChI=1S/C48H32N2S2/c1-3-7-45-40(5-1)35-11-10-33-26-38(18-21-41(33)47(28-35)51-45)50(37-16-13-30(14-17-37)31-9-12-36-29-49-24-23-32(36)25-31)39-19-22-42-34(27-39)15-20-44-43-6-2-4-8-46(43)52-48(42)44/h1-28,47,49H,29H2. The van der Waals surface area contributed by atoms with Crippen LogP contribution in [-0.4, -0.2) is 0 Å². The van der Waals surface area contributed by atoms with Crippen molar-refractivity contribution in [3.63, 3.8) is 0 Å². The zero-order valence-corrected chi connectivity index (χ0v) is 29.8. The lowest BCUT2D eigenvalue weighted by Gasteiger charge is -2.28. The molecule has 0 saturated carbocycles. The number of allylic oxidation sites excluding steroid dienone is 2. The fraction of sp³-hybridized carbons (Fsp3) is 0.0417. The van der Waals surface area contributed by atoms with Crippen LogP contribution in [0.4, 0.5) is 17.1 Å². The predicted octanol–water partition coefficient (Wildman–Crippen LogP) is 13.7. The van der Waals surface area contributed by atoms with Crippen LogP contribution in [0.2, 0.25) is 0 Å². The number of nitrogens with one attached hydrogen (secondary N) is 1. The first kappa shape index (κ1) is 29.9. The summed E-state index contributed by atoms with van der Waals surface area (Å²) in [6.07, 6.45) is 11.2. The molecule has 1 N–H and O–H groups in total. The van der Waals surface area contributed by atoms with Crippen molar-refractivity contribution in [2.24, 2.45) is 0 Å². The molecule has 52 heavy (non-hydrogen) atoms. The number of thioether (sulfide) groups is 1. The lowest BCUT2D eigenvalue weighted by molar-refractivity contribution is 0.859. The number of thiophene rings is 1. The molecule has 1 aromatic heterocycles. The van der Waals surface area contributed by atoms with Crippen molar-refractivity contribution in [2.45, 2.75) is 16.7 Å². The number of hydrogen-bond acceptors (Lipinski definition) is 4. The van der Waals surface area contributed by atoms with E-state index in [2.05, 4.69) is 174 Å². The van der Waals surface area contributed by atoms with Gasteiger partial charge in [0, 0.05) is 48.7 Å². The van der Waals surface area contributed by atoms with Crippen LogP contribution in [0.3, 0.4) is 0 Å². The molecule has 0 amide bonds. The Kier molecular flexibility index (Phi) is 6.82. The molecular weight excluding hydrogens is 669 g/mol. The zero-order chi connectivity index (χ0) is 34.2. The van der Waals surface area contributed by atoms with Gasteiger partial charge in [-0.15, -0.1) is 23.1 Å². The van der Waals surface area contributed by atoms with Crippen molar-refractivity contribution >= 4 is 88.8 Å². The average Bonchev–Trinajstić information content (AvgIpc) is 3.52. The molecule has 2 nitrogen and oxygen atoms in total. The van der Waals surface area contributed by atoms with Crippen molar-refractivity contribution in [2.75, 3.05) is 4.90 Å². The normalized spacial score (nSPS) is 15.5. The monoisotopic (exact) mass is 700 g/mol. The summed E-state index contributed by atoms with van der Waals surface area (Å²) in [5.41, 5.74) is 13.7. The maximum atomic E-state index is 3.32.